The summed E-state index contributed by atoms with van der Waals surface area (Å²) in [5.74, 6) is 0.593. The highest BCUT2D eigenvalue weighted by Gasteiger charge is 2.42. The van der Waals surface area contributed by atoms with Crippen LogP contribution in [0.4, 0.5) is 5.69 Å². The average molecular weight is 484 g/mol. The molecule has 0 aromatic heterocycles. The van der Waals surface area contributed by atoms with Crippen molar-refractivity contribution in [2.45, 2.75) is 24.8 Å². The van der Waals surface area contributed by atoms with Crippen molar-refractivity contribution in [2.24, 2.45) is 0 Å². The molecular weight excluding hydrogens is 461 g/mol. The van der Waals surface area contributed by atoms with Gasteiger partial charge in [0, 0.05) is 33.5 Å². The highest BCUT2D eigenvalue weighted by Crippen LogP contribution is 2.44. The zero-order valence-corrected chi connectivity index (χ0v) is 20.0. The average Bonchev–Trinajstić information content (AvgIpc) is 3.09. The van der Waals surface area contributed by atoms with Gasteiger partial charge in [0.2, 0.25) is 0 Å². The monoisotopic (exact) mass is 483 g/mol. The van der Waals surface area contributed by atoms with Crippen LogP contribution in [0.5, 0.6) is 11.5 Å². The number of nitrogens with zero attached hydrogens (tertiary/aromatic N) is 1. The van der Waals surface area contributed by atoms with Crippen LogP contribution in [0.25, 0.3) is 0 Å². The van der Waals surface area contributed by atoms with Crippen molar-refractivity contribution in [3.05, 3.63) is 88.0 Å². The fraction of sp³-hybridized carbons (Fsp3) is 0.231. The first-order chi connectivity index (χ1) is 15.8. The Bertz CT molecular complexity index is 1200. The third-order valence-corrected chi connectivity index (χ3v) is 6.44. The Morgan fingerprint density at radius 2 is 1.76 bits per heavy atom. The minimum Gasteiger partial charge on any atom is -0.493 e. The van der Waals surface area contributed by atoms with Crippen LogP contribution in [0.3, 0.4) is 0 Å². The maximum Gasteiger partial charge on any atom is 0.255 e. The molecule has 2 aliphatic rings. The van der Waals surface area contributed by atoms with E-state index in [0.717, 1.165) is 5.56 Å². The summed E-state index contributed by atoms with van der Waals surface area (Å²) in [5.41, 5.74) is 2.73. The number of ketones is 1. The molecular formula is C26H23Cl2NO4. The third kappa shape index (κ3) is 4.31. The van der Waals surface area contributed by atoms with Crippen molar-refractivity contribution in [1.29, 1.82) is 0 Å². The Morgan fingerprint density at radius 1 is 1.06 bits per heavy atom. The number of ether oxygens (including phenoxy) is 2. The summed E-state index contributed by atoms with van der Waals surface area (Å²) in [7, 11) is 3.09. The number of carbonyl (C=O) groups excluding carboxylic acids is 2. The molecule has 2 unspecified atom stereocenters. The van der Waals surface area contributed by atoms with Gasteiger partial charge < -0.3 is 9.47 Å². The molecule has 0 fully saturated rings. The summed E-state index contributed by atoms with van der Waals surface area (Å²) in [5, 5.41) is 0.428. The minimum atomic E-state index is -0.622. The molecule has 1 amide bonds. The SMILES string of the molecule is COc1ccc(N2C(=O)C(C)=C(C(=O)C3=CCC(Cl)C=C3)C2c2ccc(Cl)cc2)cc1OC. The van der Waals surface area contributed by atoms with E-state index < -0.39 is 6.04 Å². The van der Waals surface area contributed by atoms with Crippen LogP contribution >= 0.6 is 23.2 Å². The van der Waals surface area contributed by atoms with Gasteiger partial charge in [0.15, 0.2) is 17.3 Å². The topological polar surface area (TPSA) is 55.8 Å². The fourth-order valence-electron chi connectivity index (χ4n) is 4.16. The van der Waals surface area contributed by atoms with E-state index in [1.807, 2.05) is 18.2 Å². The molecule has 33 heavy (non-hydrogen) atoms. The minimum absolute atomic E-state index is 0.142. The Labute approximate surface area is 202 Å². The first-order valence-corrected chi connectivity index (χ1v) is 11.3. The van der Waals surface area contributed by atoms with Crippen molar-refractivity contribution >= 4 is 40.6 Å². The number of carbonyl (C=O) groups is 2. The smallest absolute Gasteiger partial charge is 0.255 e. The lowest BCUT2D eigenvalue weighted by Crippen LogP contribution is -2.31. The number of alkyl halides is 1. The quantitative estimate of drug-likeness (QED) is 0.485. The maximum absolute atomic E-state index is 13.6. The molecule has 0 saturated carbocycles. The molecule has 0 saturated heterocycles. The van der Waals surface area contributed by atoms with E-state index in [-0.39, 0.29) is 17.1 Å². The Morgan fingerprint density at radius 3 is 2.36 bits per heavy atom. The van der Waals surface area contributed by atoms with Gasteiger partial charge in [-0.3, -0.25) is 14.5 Å². The number of benzene rings is 2. The zero-order valence-electron chi connectivity index (χ0n) is 18.5. The first kappa shape index (κ1) is 23.1. The van der Waals surface area contributed by atoms with Crippen LogP contribution in [0.1, 0.15) is 24.9 Å². The van der Waals surface area contributed by atoms with E-state index >= 15 is 0 Å². The normalized spacial score (nSPS) is 20.2. The van der Waals surface area contributed by atoms with E-state index in [1.54, 1.807) is 61.4 Å². The Hall–Kier alpha value is -3.02. The third-order valence-electron chi connectivity index (χ3n) is 5.86. The van der Waals surface area contributed by atoms with Gasteiger partial charge in [0.1, 0.15) is 0 Å². The second-order valence-corrected chi connectivity index (χ2v) is 8.80. The molecule has 1 heterocycles. The molecule has 2 atom stereocenters. The van der Waals surface area contributed by atoms with E-state index in [0.29, 0.717) is 45.3 Å². The molecule has 1 aliphatic carbocycles. The second kappa shape index (κ2) is 9.46. The number of rotatable bonds is 6. The molecule has 2 aromatic carbocycles. The maximum atomic E-state index is 13.6. The fourth-order valence-corrected chi connectivity index (χ4v) is 4.45. The lowest BCUT2D eigenvalue weighted by molar-refractivity contribution is -0.115. The molecule has 0 spiro atoms. The van der Waals surface area contributed by atoms with Crippen molar-refractivity contribution < 1.29 is 19.1 Å². The predicted molar refractivity (Wildman–Crippen MR) is 130 cm³/mol. The molecule has 1 aliphatic heterocycles. The highest BCUT2D eigenvalue weighted by molar-refractivity contribution is 6.30. The number of hydrogen-bond donors (Lipinski definition) is 0. The number of anilines is 1. The van der Waals surface area contributed by atoms with E-state index in [9.17, 15) is 9.59 Å². The number of amides is 1. The summed E-state index contributed by atoms with van der Waals surface area (Å²) in [4.78, 5) is 28.8. The standard InChI is InChI=1S/C26H23Cl2NO4/c1-15-23(25(30)17-6-10-19(28)11-7-17)24(16-4-8-18(27)9-5-16)29(26(15)31)20-12-13-21(32-2)22(14-20)33-3/h4-10,12-14,19,24H,11H2,1-3H3. The molecule has 0 radical (unpaired) electrons. The molecule has 4 rings (SSSR count). The lowest BCUT2D eigenvalue weighted by Gasteiger charge is -2.28. The summed E-state index contributed by atoms with van der Waals surface area (Å²) in [6, 6.07) is 11.8. The van der Waals surface area contributed by atoms with Crippen LogP contribution in [0.15, 0.2) is 77.4 Å². The van der Waals surface area contributed by atoms with Gasteiger partial charge in [-0.15, -0.1) is 11.6 Å². The number of halogens is 2. The number of hydrogen-bond acceptors (Lipinski definition) is 4. The molecule has 7 heteroatoms. The van der Waals surface area contributed by atoms with Gasteiger partial charge in [-0.1, -0.05) is 42.0 Å². The van der Waals surface area contributed by atoms with Gasteiger partial charge in [0.05, 0.1) is 25.6 Å². The Balaban J connectivity index is 1.84. The largest absolute Gasteiger partial charge is 0.493 e. The molecule has 5 nitrogen and oxygen atoms in total. The molecule has 170 valence electrons. The number of methoxy groups -OCH3 is 2. The number of Topliss-reactive ketones (excluding diaryl/α,β-unsaturated/α-hetero) is 1. The van der Waals surface area contributed by atoms with Crippen LogP contribution in [-0.4, -0.2) is 31.3 Å². The van der Waals surface area contributed by atoms with E-state index in [2.05, 4.69) is 0 Å². The van der Waals surface area contributed by atoms with Gasteiger partial charge in [-0.25, -0.2) is 0 Å². The second-order valence-electron chi connectivity index (χ2n) is 7.81. The molecule has 0 bridgehead atoms. The highest BCUT2D eigenvalue weighted by atomic mass is 35.5. The van der Waals surface area contributed by atoms with Gasteiger partial charge in [0.25, 0.3) is 5.91 Å². The van der Waals surface area contributed by atoms with E-state index in [4.69, 9.17) is 32.7 Å². The molecule has 0 N–H and O–H groups in total. The van der Waals surface area contributed by atoms with Gasteiger partial charge in [-0.05, 0) is 43.2 Å². The van der Waals surface area contributed by atoms with Crippen molar-refractivity contribution in [3.63, 3.8) is 0 Å². The summed E-state index contributed by atoms with van der Waals surface area (Å²) in [6.07, 6.45) is 5.91. The van der Waals surface area contributed by atoms with Crippen molar-refractivity contribution in [3.8, 4) is 11.5 Å². The van der Waals surface area contributed by atoms with Crippen LogP contribution in [0.2, 0.25) is 5.02 Å². The predicted octanol–water partition coefficient (Wildman–Crippen LogP) is 5.82. The van der Waals surface area contributed by atoms with Crippen LogP contribution in [0, 0.1) is 0 Å². The van der Waals surface area contributed by atoms with Crippen LogP contribution < -0.4 is 14.4 Å². The van der Waals surface area contributed by atoms with Crippen molar-refractivity contribution in [1.82, 2.24) is 0 Å². The van der Waals surface area contributed by atoms with E-state index in [1.165, 1.54) is 7.11 Å². The first-order valence-electron chi connectivity index (χ1n) is 10.4. The van der Waals surface area contributed by atoms with Gasteiger partial charge >= 0.3 is 0 Å². The Kier molecular flexibility index (Phi) is 6.63. The summed E-state index contributed by atoms with van der Waals surface area (Å²) >= 11 is 12.3. The van der Waals surface area contributed by atoms with Crippen molar-refractivity contribution in [2.75, 3.05) is 19.1 Å². The molecule has 2 aromatic rings. The number of allylic oxidation sites excluding steroid dienone is 4. The van der Waals surface area contributed by atoms with Gasteiger partial charge in [-0.2, -0.15) is 0 Å². The van der Waals surface area contributed by atoms with Crippen LogP contribution in [-0.2, 0) is 9.59 Å². The summed E-state index contributed by atoms with van der Waals surface area (Å²) in [6.45, 7) is 1.69. The lowest BCUT2D eigenvalue weighted by atomic mass is 9.89. The summed E-state index contributed by atoms with van der Waals surface area (Å²) < 4.78 is 10.8. The zero-order chi connectivity index (χ0) is 23.7.